The summed E-state index contributed by atoms with van der Waals surface area (Å²) in [7, 11) is 1.47. The molecule has 3 N–H and O–H groups in total. The van der Waals surface area contributed by atoms with Crippen LogP contribution in [-0.2, 0) is 14.3 Å². The minimum atomic E-state index is -0.772. The fourth-order valence-electron chi connectivity index (χ4n) is 1.38. The number of rotatable bonds is 6. The first-order valence-corrected chi connectivity index (χ1v) is 5.76. The Morgan fingerprint density at radius 2 is 1.89 bits per heavy atom. The highest BCUT2D eigenvalue weighted by Gasteiger charge is 2.27. The van der Waals surface area contributed by atoms with Crippen LogP contribution in [0.3, 0.4) is 0 Å². The smallest absolute Gasteiger partial charge is 0.325 e. The van der Waals surface area contributed by atoms with Gasteiger partial charge in [0.25, 0.3) is 0 Å². The number of amides is 3. The minimum absolute atomic E-state index is 0.130. The summed E-state index contributed by atoms with van der Waals surface area (Å²) >= 11 is 0. The van der Waals surface area contributed by atoms with Crippen LogP contribution in [0.25, 0.3) is 0 Å². The van der Waals surface area contributed by atoms with Crippen molar-refractivity contribution in [3.8, 4) is 0 Å². The lowest BCUT2D eigenvalue weighted by Crippen LogP contribution is -2.52. The molecule has 1 atom stereocenters. The van der Waals surface area contributed by atoms with Crippen LogP contribution in [-0.4, -0.2) is 49.0 Å². The lowest BCUT2D eigenvalue weighted by atomic mass is 10.0. The molecule has 0 spiro atoms. The SMILES string of the molecule is CCOC(=O)CN(C)C(=O)C(NC(N)=O)C(C)C. The van der Waals surface area contributed by atoms with Crippen LogP contribution >= 0.6 is 0 Å². The normalized spacial score (nSPS) is 11.8. The third-order valence-electron chi connectivity index (χ3n) is 2.28. The highest BCUT2D eigenvalue weighted by atomic mass is 16.5. The lowest BCUT2D eigenvalue weighted by Gasteiger charge is -2.25. The van der Waals surface area contributed by atoms with Crippen LogP contribution in [0.5, 0.6) is 0 Å². The Bertz CT molecular complexity index is 317. The van der Waals surface area contributed by atoms with Crippen molar-refractivity contribution in [1.29, 1.82) is 0 Å². The quantitative estimate of drug-likeness (QED) is 0.639. The van der Waals surface area contributed by atoms with Crippen molar-refractivity contribution in [3.63, 3.8) is 0 Å². The van der Waals surface area contributed by atoms with E-state index in [1.165, 1.54) is 11.9 Å². The maximum Gasteiger partial charge on any atom is 0.325 e. The molecule has 0 aliphatic heterocycles. The highest BCUT2D eigenvalue weighted by Crippen LogP contribution is 2.05. The Labute approximate surface area is 107 Å². The van der Waals surface area contributed by atoms with Gasteiger partial charge in [-0.3, -0.25) is 9.59 Å². The van der Waals surface area contributed by atoms with Gasteiger partial charge in [0.15, 0.2) is 0 Å². The molecule has 0 rings (SSSR count). The molecule has 0 heterocycles. The zero-order valence-electron chi connectivity index (χ0n) is 11.2. The number of carbonyl (C=O) groups is 3. The molecule has 7 heteroatoms. The number of hydrogen-bond acceptors (Lipinski definition) is 4. The monoisotopic (exact) mass is 259 g/mol. The van der Waals surface area contributed by atoms with Gasteiger partial charge in [-0.2, -0.15) is 0 Å². The van der Waals surface area contributed by atoms with Crippen molar-refractivity contribution in [2.75, 3.05) is 20.2 Å². The first-order valence-electron chi connectivity index (χ1n) is 5.76. The van der Waals surface area contributed by atoms with Gasteiger partial charge in [-0.05, 0) is 12.8 Å². The molecule has 104 valence electrons. The number of ether oxygens (including phenoxy) is 1. The van der Waals surface area contributed by atoms with Crippen LogP contribution in [0, 0.1) is 5.92 Å². The van der Waals surface area contributed by atoms with Crippen molar-refractivity contribution in [1.82, 2.24) is 10.2 Å². The molecule has 0 aromatic carbocycles. The van der Waals surface area contributed by atoms with E-state index >= 15 is 0 Å². The molecular weight excluding hydrogens is 238 g/mol. The van der Waals surface area contributed by atoms with E-state index in [1.54, 1.807) is 20.8 Å². The van der Waals surface area contributed by atoms with Gasteiger partial charge < -0.3 is 20.7 Å². The van der Waals surface area contributed by atoms with E-state index < -0.39 is 18.0 Å². The van der Waals surface area contributed by atoms with E-state index in [2.05, 4.69) is 5.32 Å². The number of hydrogen-bond donors (Lipinski definition) is 2. The number of primary amides is 1. The Hall–Kier alpha value is -1.79. The summed E-state index contributed by atoms with van der Waals surface area (Å²) in [4.78, 5) is 35.3. The lowest BCUT2D eigenvalue weighted by molar-refractivity contribution is -0.148. The van der Waals surface area contributed by atoms with Crippen LogP contribution in [0.15, 0.2) is 0 Å². The number of nitrogens with zero attached hydrogens (tertiary/aromatic N) is 1. The highest BCUT2D eigenvalue weighted by molar-refractivity contribution is 5.88. The maximum absolute atomic E-state index is 12.0. The summed E-state index contributed by atoms with van der Waals surface area (Å²) in [5.74, 6) is -0.999. The third kappa shape index (κ3) is 5.51. The van der Waals surface area contributed by atoms with Gasteiger partial charge in [-0.25, -0.2) is 4.79 Å². The number of esters is 1. The molecule has 3 amide bonds. The second kappa shape index (κ2) is 7.52. The minimum Gasteiger partial charge on any atom is -0.465 e. The molecule has 0 aliphatic carbocycles. The van der Waals surface area contributed by atoms with Crippen LogP contribution in [0.1, 0.15) is 20.8 Å². The van der Waals surface area contributed by atoms with Crippen LogP contribution in [0.4, 0.5) is 4.79 Å². The van der Waals surface area contributed by atoms with Crippen LogP contribution < -0.4 is 11.1 Å². The predicted octanol–water partition coefficient (Wildman–Crippen LogP) is -0.299. The average Bonchev–Trinajstić information content (AvgIpc) is 2.24. The molecule has 0 saturated carbocycles. The standard InChI is InChI=1S/C11H21N3O4/c1-5-18-8(15)6-14(4)10(16)9(7(2)3)13-11(12)17/h7,9H,5-6H2,1-4H3,(H3,12,13,17). The van der Waals surface area contributed by atoms with Gasteiger partial charge >= 0.3 is 12.0 Å². The molecular formula is C11H21N3O4. The largest absolute Gasteiger partial charge is 0.465 e. The first-order chi connectivity index (χ1) is 8.29. The van der Waals surface area contributed by atoms with Crippen LogP contribution in [0.2, 0.25) is 0 Å². The number of urea groups is 1. The summed E-state index contributed by atoms with van der Waals surface area (Å²) in [6.45, 7) is 5.34. The van der Waals surface area contributed by atoms with Crippen molar-refractivity contribution < 1.29 is 19.1 Å². The molecule has 0 radical (unpaired) electrons. The molecule has 7 nitrogen and oxygen atoms in total. The molecule has 1 unspecified atom stereocenters. The van der Waals surface area contributed by atoms with Gasteiger partial charge in [0.2, 0.25) is 5.91 Å². The Morgan fingerprint density at radius 1 is 1.33 bits per heavy atom. The summed E-state index contributed by atoms with van der Waals surface area (Å²) < 4.78 is 4.74. The van der Waals surface area contributed by atoms with E-state index in [0.29, 0.717) is 0 Å². The third-order valence-corrected chi connectivity index (χ3v) is 2.28. The van der Waals surface area contributed by atoms with Gasteiger partial charge in [-0.15, -0.1) is 0 Å². The van der Waals surface area contributed by atoms with E-state index in [-0.39, 0.29) is 25.0 Å². The molecule has 0 aromatic heterocycles. The van der Waals surface area contributed by atoms with Crippen molar-refractivity contribution in [2.45, 2.75) is 26.8 Å². The Morgan fingerprint density at radius 3 is 2.28 bits per heavy atom. The number of carbonyl (C=O) groups excluding carboxylic acids is 3. The van der Waals surface area contributed by atoms with Gasteiger partial charge in [0, 0.05) is 7.05 Å². The Kier molecular flexibility index (Phi) is 6.77. The molecule has 0 aromatic rings. The van der Waals surface area contributed by atoms with Gasteiger partial charge in [0.1, 0.15) is 12.6 Å². The molecule has 0 fully saturated rings. The molecule has 18 heavy (non-hydrogen) atoms. The maximum atomic E-state index is 12.0. The topological polar surface area (TPSA) is 102 Å². The van der Waals surface area contributed by atoms with Crippen molar-refractivity contribution >= 4 is 17.9 Å². The van der Waals surface area contributed by atoms with Crippen molar-refractivity contribution in [3.05, 3.63) is 0 Å². The molecule has 0 bridgehead atoms. The predicted molar refractivity (Wildman–Crippen MR) is 65.6 cm³/mol. The zero-order chi connectivity index (χ0) is 14.3. The summed E-state index contributed by atoms with van der Waals surface area (Å²) in [6.07, 6.45) is 0. The van der Waals surface area contributed by atoms with Crippen molar-refractivity contribution in [2.24, 2.45) is 11.7 Å². The first kappa shape index (κ1) is 16.2. The second-order valence-corrected chi connectivity index (χ2v) is 4.23. The fraction of sp³-hybridized carbons (Fsp3) is 0.727. The molecule has 0 aliphatic rings. The Balaban J connectivity index is 4.56. The number of likely N-dealkylation sites (N-methyl/N-ethyl adjacent to an activating group) is 1. The summed E-state index contributed by atoms with van der Waals surface area (Å²) in [5.41, 5.74) is 5.01. The number of nitrogens with two attached hydrogens (primary N) is 1. The average molecular weight is 259 g/mol. The second-order valence-electron chi connectivity index (χ2n) is 4.23. The van der Waals surface area contributed by atoms with E-state index in [0.717, 1.165) is 0 Å². The van der Waals surface area contributed by atoms with Gasteiger partial charge in [-0.1, -0.05) is 13.8 Å². The zero-order valence-corrected chi connectivity index (χ0v) is 11.2. The molecule has 0 saturated heterocycles. The van der Waals surface area contributed by atoms with E-state index in [1.807, 2.05) is 0 Å². The summed E-state index contributed by atoms with van der Waals surface area (Å²) in [5, 5.41) is 2.36. The summed E-state index contributed by atoms with van der Waals surface area (Å²) in [6, 6.07) is -1.52. The number of nitrogens with one attached hydrogen (secondary N) is 1. The van der Waals surface area contributed by atoms with Gasteiger partial charge in [0.05, 0.1) is 6.61 Å². The van der Waals surface area contributed by atoms with E-state index in [4.69, 9.17) is 10.5 Å². The fourth-order valence-corrected chi connectivity index (χ4v) is 1.38. The van der Waals surface area contributed by atoms with E-state index in [9.17, 15) is 14.4 Å².